The number of amides is 1. The van der Waals surface area contributed by atoms with Gasteiger partial charge in [-0.05, 0) is 32.0 Å². The number of benzene rings is 1. The largest absolute Gasteiger partial charge is 0.488 e. The van der Waals surface area contributed by atoms with Gasteiger partial charge in [0, 0.05) is 12.4 Å². The number of nitrogens with zero attached hydrogens (tertiary/aromatic N) is 2. The maximum atomic E-state index is 13.2. The number of carbonyl (C=O) groups is 1. The van der Waals surface area contributed by atoms with Gasteiger partial charge in [0.1, 0.15) is 29.2 Å². The van der Waals surface area contributed by atoms with Crippen LogP contribution in [-0.4, -0.2) is 53.3 Å². The molecule has 7 nitrogen and oxygen atoms in total. The maximum absolute atomic E-state index is 13.2. The molecule has 3 heterocycles. The number of aromatic nitrogens is 1. The van der Waals surface area contributed by atoms with Crippen LogP contribution in [0.4, 0.5) is 0 Å². The molecule has 28 heavy (non-hydrogen) atoms. The predicted octanol–water partition coefficient (Wildman–Crippen LogP) is 2.92. The summed E-state index contributed by atoms with van der Waals surface area (Å²) in [4.78, 5) is 20.0. The van der Waals surface area contributed by atoms with Gasteiger partial charge in [-0.3, -0.25) is 4.79 Å². The molecule has 1 aliphatic heterocycles. The van der Waals surface area contributed by atoms with E-state index in [1.165, 1.54) is 0 Å². The van der Waals surface area contributed by atoms with Crippen molar-refractivity contribution in [1.82, 2.24) is 9.88 Å². The van der Waals surface area contributed by atoms with E-state index in [0.717, 1.165) is 10.6 Å². The molecule has 1 saturated heterocycles. The van der Waals surface area contributed by atoms with Gasteiger partial charge in [0.25, 0.3) is 5.91 Å². The molecule has 1 aliphatic rings. The topological polar surface area (TPSA) is 85.0 Å². The van der Waals surface area contributed by atoms with Crippen molar-refractivity contribution in [1.29, 1.82) is 0 Å². The lowest BCUT2D eigenvalue weighted by Crippen LogP contribution is -2.64. The Balaban J connectivity index is 1.63. The number of aliphatic hydroxyl groups is 1. The lowest BCUT2D eigenvalue weighted by molar-refractivity contribution is -0.139. The standard InChI is InChI=1S/C20H22N2O5S/c1-12-17(28-11-21-12)7-26-14-4-5-16-15(6-14)18(13(2)27-16)19(24)22(3)20(8-23)9-25-10-20/h4-6,11,23H,7-10H2,1-3H3. The summed E-state index contributed by atoms with van der Waals surface area (Å²) in [6, 6.07) is 5.46. The summed E-state index contributed by atoms with van der Waals surface area (Å²) in [5.74, 6) is 0.987. The molecule has 8 heteroatoms. The molecular weight excluding hydrogens is 380 g/mol. The maximum Gasteiger partial charge on any atom is 0.258 e. The number of rotatable bonds is 6. The molecule has 1 amide bonds. The van der Waals surface area contributed by atoms with Crippen LogP contribution in [0.25, 0.3) is 11.0 Å². The highest BCUT2D eigenvalue weighted by Crippen LogP contribution is 2.33. The molecule has 1 aromatic carbocycles. The van der Waals surface area contributed by atoms with Gasteiger partial charge in [-0.1, -0.05) is 0 Å². The first-order valence-electron chi connectivity index (χ1n) is 8.97. The van der Waals surface area contributed by atoms with E-state index in [0.29, 0.717) is 47.9 Å². The van der Waals surface area contributed by atoms with Gasteiger partial charge >= 0.3 is 0 Å². The fourth-order valence-corrected chi connectivity index (χ4v) is 3.97. The summed E-state index contributed by atoms with van der Waals surface area (Å²) in [5.41, 5.74) is 3.19. The van der Waals surface area contributed by atoms with E-state index in [1.54, 1.807) is 35.7 Å². The highest BCUT2D eigenvalue weighted by atomic mass is 32.1. The Morgan fingerprint density at radius 1 is 1.39 bits per heavy atom. The van der Waals surface area contributed by atoms with Crippen molar-refractivity contribution in [2.75, 3.05) is 26.9 Å². The van der Waals surface area contributed by atoms with Crippen molar-refractivity contribution in [2.24, 2.45) is 0 Å². The first-order chi connectivity index (χ1) is 13.4. The molecule has 148 valence electrons. The van der Waals surface area contributed by atoms with Crippen molar-refractivity contribution in [3.8, 4) is 5.75 Å². The Bertz CT molecular complexity index is 1020. The molecule has 0 unspecified atom stereocenters. The van der Waals surface area contributed by atoms with E-state index in [-0.39, 0.29) is 12.5 Å². The zero-order valence-corrected chi connectivity index (χ0v) is 16.8. The van der Waals surface area contributed by atoms with Gasteiger partial charge in [0.05, 0.1) is 41.5 Å². The quantitative estimate of drug-likeness (QED) is 0.682. The highest BCUT2D eigenvalue weighted by molar-refractivity contribution is 7.09. The molecule has 0 saturated carbocycles. The van der Waals surface area contributed by atoms with E-state index in [2.05, 4.69) is 4.98 Å². The lowest BCUT2D eigenvalue weighted by atomic mass is 9.95. The zero-order valence-electron chi connectivity index (χ0n) is 16.0. The minimum atomic E-state index is -0.676. The van der Waals surface area contributed by atoms with E-state index in [4.69, 9.17) is 13.9 Å². The molecular formula is C20H22N2O5S. The van der Waals surface area contributed by atoms with Crippen LogP contribution in [0, 0.1) is 13.8 Å². The molecule has 0 atom stereocenters. The molecule has 2 aromatic heterocycles. The van der Waals surface area contributed by atoms with Crippen molar-refractivity contribution in [3.63, 3.8) is 0 Å². The third-order valence-corrected chi connectivity index (χ3v) is 6.22. The summed E-state index contributed by atoms with van der Waals surface area (Å²) in [6.07, 6.45) is 0. The number of aryl methyl sites for hydroxylation is 2. The molecule has 0 radical (unpaired) electrons. The summed E-state index contributed by atoms with van der Waals surface area (Å²) in [7, 11) is 1.69. The number of fused-ring (bicyclic) bond motifs is 1. The van der Waals surface area contributed by atoms with Gasteiger partial charge in [-0.2, -0.15) is 0 Å². The van der Waals surface area contributed by atoms with Gasteiger partial charge in [-0.25, -0.2) is 4.98 Å². The lowest BCUT2D eigenvalue weighted by Gasteiger charge is -2.46. The second-order valence-corrected chi connectivity index (χ2v) is 8.02. The summed E-state index contributed by atoms with van der Waals surface area (Å²) < 4.78 is 16.9. The van der Waals surface area contributed by atoms with Gasteiger partial charge < -0.3 is 23.9 Å². The second kappa shape index (κ2) is 7.20. The molecule has 0 spiro atoms. The van der Waals surface area contributed by atoms with Crippen LogP contribution >= 0.6 is 11.3 Å². The predicted molar refractivity (Wildman–Crippen MR) is 105 cm³/mol. The van der Waals surface area contributed by atoms with E-state index in [1.807, 2.05) is 25.1 Å². The highest BCUT2D eigenvalue weighted by Gasteiger charge is 2.45. The minimum absolute atomic E-state index is 0.146. The summed E-state index contributed by atoms with van der Waals surface area (Å²) >= 11 is 1.55. The Labute approximate surface area is 166 Å². The van der Waals surface area contributed by atoms with Gasteiger partial charge in [-0.15, -0.1) is 11.3 Å². The van der Waals surface area contributed by atoms with Gasteiger partial charge in [0.15, 0.2) is 0 Å². The van der Waals surface area contributed by atoms with Crippen molar-refractivity contribution < 1.29 is 23.8 Å². The first-order valence-corrected chi connectivity index (χ1v) is 9.85. The van der Waals surface area contributed by atoms with Crippen LogP contribution in [0.5, 0.6) is 5.75 Å². The number of carbonyl (C=O) groups excluding carboxylic acids is 1. The second-order valence-electron chi connectivity index (χ2n) is 7.08. The number of hydrogen-bond acceptors (Lipinski definition) is 7. The van der Waals surface area contributed by atoms with Crippen molar-refractivity contribution in [2.45, 2.75) is 26.0 Å². The molecule has 1 fully saturated rings. The number of furan rings is 1. The van der Waals surface area contributed by atoms with Crippen LogP contribution in [0.3, 0.4) is 0 Å². The Morgan fingerprint density at radius 3 is 2.79 bits per heavy atom. The average Bonchev–Trinajstić information content (AvgIpc) is 3.20. The van der Waals surface area contributed by atoms with E-state index >= 15 is 0 Å². The molecule has 0 bridgehead atoms. The number of likely N-dealkylation sites (N-methyl/N-ethyl adjacent to an activating group) is 1. The zero-order chi connectivity index (χ0) is 19.9. The number of aliphatic hydroxyl groups excluding tert-OH is 1. The van der Waals surface area contributed by atoms with Crippen molar-refractivity contribution >= 4 is 28.2 Å². The summed E-state index contributed by atoms with van der Waals surface area (Å²) in [6.45, 7) is 4.64. The third kappa shape index (κ3) is 3.07. The normalized spacial score (nSPS) is 15.4. The Kier molecular flexibility index (Phi) is 4.86. The number of ether oxygens (including phenoxy) is 2. The van der Waals surface area contributed by atoms with Crippen LogP contribution in [0.2, 0.25) is 0 Å². The van der Waals surface area contributed by atoms with Crippen molar-refractivity contribution in [3.05, 3.63) is 45.6 Å². The Morgan fingerprint density at radius 2 is 2.18 bits per heavy atom. The molecule has 1 N–H and O–H groups in total. The van der Waals surface area contributed by atoms with E-state index < -0.39 is 5.54 Å². The smallest absolute Gasteiger partial charge is 0.258 e. The van der Waals surface area contributed by atoms with E-state index in [9.17, 15) is 9.90 Å². The number of thiazole rings is 1. The molecule has 0 aliphatic carbocycles. The first kappa shape index (κ1) is 18.9. The van der Waals surface area contributed by atoms with Crippen LogP contribution < -0.4 is 4.74 Å². The summed E-state index contributed by atoms with van der Waals surface area (Å²) in [5, 5.41) is 10.4. The fraction of sp³-hybridized carbons (Fsp3) is 0.400. The molecule has 4 rings (SSSR count). The van der Waals surface area contributed by atoms with Crippen LogP contribution in [-0.2, 0) is 11.3 Å². The SMILES string of the molecule is Cc1ncsc1COc1ccc2oc(C)c(C(=O)N(C)C3(CO)COC3)c2c1. The number of hydrogen-bond donors (Lipinski definition) is 1. The monoisotopic (exact) mass is 402 g/mol. The van der Waals surface area contributed by atoms with Crippen LogP contribution in [0.15, 0.2) is 28.1 Å². The average molecular weight is 402 g/mol. The Hall–Kier alpha value is -2.42. The fourth-order valence-electron chi connectivity index (χ4n) is 3.28. The van der Waals surface area contributed by atoms with Gasteiger partial charge in [0.2, 0.25) is 0 Å². The third-order valence-electron chi connectivity index (χ3n) is 5.32. The minimum Gasteiger partial charge on any atom is -0.488 e. The van der Waals surface area contributed by atoms with Crippen LogP contribution in [0.1, 0.15) is 26.7 Å². The molecule has 3 aromatic rings.